The molecular formula is C28H29N7O2S. The molecule has 0 radical (unpaired) electrons. The molecule has 5 rings (SSSR count). The summed E-state index contributed by atoms with van der Waals surface area (Å²) in [6, 6.07) is 16.0. The number of hydrogen-bond acceptors (Lipinski definition) is 8. The molecule has 10 heteroatoms. The van der Waals surface area contributed by atoms with E-state index in [-0.39, 0.29) is 0 Å². The molecule has 0 bridgehead atoms. The fourth-order valence-electron chi connectivity index (χ4n) is 4.20. The zero-order valence-corrected chi connectivity index (χ0v) is 21.9. The van der Waals surface area contributed by atoms with Crippen molar-refractivity contribution in [1.82, 2.24) is 30.2 Å². The topological polar surface area (TPSA) is 120 Å². The summed E-state index contributed by atoms with van der Waals surface area (Å²) in [5, 5.41) is 9.68. The summed E-state index contributed by atoms with van der Waals surface area (Å²) in [6.07, 6.45) is 1.33. The Bertz CT molecular complexity index is 1580. The molecule has 194 valence electrons. The quantitative estimate of drug-likeness (QED) is 0.177. The highest BCUT2D eigenvalue weighted by atomic mass is 32.1. The first kappa shape index (κ1) is 25.4. The number of thiazole rings is 1. The number of nitrogens with two attached hydrogens (primary N) is 1. The van der Waals surface area contributed by atoms with Crippen molar-refractivity contribution in [1.29, 1.82) is 0 Å². The van der Waals surface area contributed by atoms with Crippen LogP contribution >= 0.6 is 11.3 Å². The number of ether oxygens (including phenoxy) is 1. The first-order valence-electron chi connectivity index (χ1n) is 12.3. The van der Waals surface area contributed by atoms with Gasteiger partial charge in [-0.1, -0.05) is 54.6 Å². The molecular weight excluding hydrogens is 498 g/mol. The fourth-order valence-corrected chi connectivity index (χ4v) is 4.83. The van der Waals surface area contributed by atoms with Gasteiger partial charge in [0, 0.05) is 43.1 Å². The fraction of sp³-hybridized carbons (Fsp3) is 0.214. The van der Waals surface area contributed by atoms with E-state index in [9.17, 15) is 4.79 Å². The summed E-state index contributed by atoms with van der Waals surface area (Å²) in [5.74, 6) is 1.15. The van der Waals surface area contributed by atoms with Gasteiger partial charge >= 0.3 is 6.09 Å². The van der Waals surface area contributed by atoms with Crippen LogP contribution in [0.25, 0.3) is 32.8 Å². The van der Waals surface area contributed by atoms with E-state index < -0.39 is 6.09 Å². The molecule has 9 nitrogen and oxygen atoms in total. The lowest BCUT2D eigenvalue weighted by Crippen LogP contribution is -2.28. The Morgan fingerprint density at radius 3 is 2.68 bits per heavy atom. The summed E-state index contributed by atoms with van der Waals surface area (Å²) < 4.78 is 7.35. The highest BCUT2D eigenvalue weighted by Gasteiger charge is 2.20. The number of para-hydroxylation sites is 1. The van der Waals surface area contributed by atoms with Crippen molar-refractivity contribution in [2.75, 3.05) is 25.4 Å². The average molecular weight is 528 g/mol. The highest BCUT2D eigenvalue weighted by Crippen LogP contribution is 2.33. The van der Waals surface area contributed by atoms with E-state index in [0.717, 1.165) is 44.0 Å². The van der Waals surface area contributed by atoms with Crippen LogP contribution in [-0.4, -0.2) is 45.3 Å². The summed E-state index contributed by atoms with van der Waals surface area (Å²) in [7, 11) is 0. The van der Waals surface area contributed by atoms with Crippen LogP contribution in [0.3, 0.4) is 0 Å². The summed E-state index contributed by atoms with van der Waals surface area (Å²) in [4.78, 5) is 25.9. The second kappa shape index (κ2) is 11.4. The van der Waals surface area contributed by atoms with Gasteiger partial charge in [0.25, 0.3) is 0 Å². The molecule has 0 aliphatic heterocycles. The Morgan fingerprint density at radius 2 is 1.92 bits per heavy atom. The number of nitrogen functional groups attached to an aromatic ring is 1. The minimum Gasteiger partial charge on any atom is -0.448 e. The molecule has 4 N–H and O–H groups in total. The monoisotopic (exact) mass is 527 g/mol. The molecule has 0 saturated carbocycles. The van der Waals surface area contributed by atoms with Crippen molar-refractivity contribution in [3.05, 3.63) is 83.4 Å². The Balaban J connectivity index is 1.32. The molecule has 38 heavy (non-hydrogen) atoms. The number of alkyl carbamates (subject to hydrolysis) is 1. The van der Waals surface area contributed by atoms with Crippen LogP contribution in [0.5, 0.6) is 0 Å². The van der Waals surface area contributed by atoms with E-state index >= 15 is 0 Å². The molecule has 0 fully saturated rings. The number of hydrogen-bond donors (Lipinski definition) is 3. The first-order chi connectivity index (χ1) is 18.5. The molecule has 0 unspecified atom stereocenters. The molecule has 5 aromatic rings. The summed E-state index contributed by atoms with van der Waals surface area (Å²) >= 11 is 1.53. The molecule has 0 aliphatic rings. The van der Waals surface area contributed by atoms with Gasteiger partial charge in [-0.25, -0.2) is 19.7 Å². The van der Waals surface area contributed by atoms with Crippen LogP contribution in [0.2, 0.25) is 0 Å². The smallest absolute Gasteiger partial charge is 0.407 e. The lowest BCUT2D eigenvalue weighted by Gasteiger charge is -2.11. The predicted octanol–water partition coefficient (Wildman–Crippen LogP) is 4.73. The third-order valence-electron chi connectivity index (χ3n) is 5.97. The van der Waals surface area contributed by atoms with Crippen molar-refractivity contribution in [3.8, 4) is 10.8 Å². The minimum absolute atomic E-state index is 0.299. The van der Waals surface area contributed by atoms with Gasteiger partial charge in [0.05, 0.1) is 11.0 Å². The zero-order valence-electron chi connectivity index (χ0n) is 21.1. The number of anilines is 1. The normalized spacial score (nSPS) is 11.2. The number of nitrogens with one attached hydrogen (secondary N) is 2. The molecule has 3 aromatic heterocycles. The van der Waals surface area contributed by atoms with E-state index in [1.807, 2.05) is 60.8 Å². The van der Waals surface area contributed by atoms with Crippen molar-refractivity contribution in [3.63, 3.8) is 0 Å². The molecule has 1 amide bonds. The van der Waals surface area contributed by atoms with E-state index in [4.69, 9.17) is 15.5 Å². The molecule has 0 aliphatic carbocycles. The van der Waals surface area contributed by atoms with E-state index in [2.05, 4.69) is 31.7 Å². The molecule has 3 heterocycles. The maximum absolute atomic E-state index is 12.0. The van der Waals surface area contributed by atoms with Crippen molar-refractivity contribution >= 4 is 45.2 Å². The number of benzene rings is 2. The van der Waals surface area contributed by atoms with Crippen molar-refractivity contribution in [2.45, 2.75) is 20.0 Å². The van der Waals surface area contributed by atoms with Crippen LogP contribution in [0.15, 0.2) is 72.3 Å². The van der Waals surface area contributed by atoms with Crippen molar-refractivity contribution in [2.24, 2.45) is 0 Å². The molecule has 0 saturated heterocycles. The Hall–Kier alpha value is -4.28. The van der Waals surface area contributed by atoms with Crippen LogP contribution in [0, 0.1) is 0 Å². The van der Waals surface area contributed by atoms with Gasteiger partial charge in [-0.15, -0.1) is 11.3 Å². The summed E-state index contributed by atoms with van der Waals surface area (Å²) in [5.41, 5.74) is 11.8. The van der Waals surface area contributed by atoms with Gasteiger partial charge in [0.1, 0.15) is 12.1 Å². The highest BCUT2D eigenvalue weighted by molar-refractivity contribution is 7.13. The number of nitrogens with zero attached hydrogens (tertiary/aromatic N) is 4. The van der Waals surface area contributed by atoms with Gasteiger partial charge in [-0.2, -0.15) is 0 Å². The maximum Gasteiger partial charge on any atom is 0.407 e. The third-order valence-corrected chi connectivity index (χ3v) is 6.74. The minimum atomic E-state index is -0.442. The Morgan fingerprint density at radius 1 is 1.13 bits per heavy atom. The lowest BCUT2D eigenvalue weighted by molar-refractivity contribution is 0.146. The number of fused-ring (bicyclic) bond motifs is 3. The van der Waals surface area contributed by atoms with Gasteiger partial charge in [-0.05, 0) is 24.1 Å². The number of pyridine rings is 1. The van der Waals surface area contributed by atoms with Gasteiger partial charge in [0.2, 0.25) is 0 Å². The van der Waals surface area contributed by atoms with Crippen LogP contribution in [-0.2, 0) is 17.8 Å². The Labute approximate surface area is 224 Å². The number of aromatic nitrogens is 4. The number of carbonyl (C=O) groups excluding carboxylic acids is 1. The molecule has 2 aromatic carbocycles. The SMILES string of the molecule is C=C(C)CNCCOC(=O)NCc1ccc(Cn2c(-c3nccs3)nc3c(N)nc4ccccc4c32)cc1. The van der Waals surface area contributed by atoms with E-state index in [0.29, 0.717) is 44.1 Å². The third kappa shape index (κ3) is 5.66. The second-order valence-electron chi connectivity index (χ2n) is 9.01. The first-order valence-corrected chi connectivity index (χ1v) is 13.2. The largest absolute Gasteiger partial charge is 0.448 e. The molecule has 0 atom stereocenters. The Kier molecular flexibility index (Phi) is 7.62. The van der Waals surface area contributed by atoms with Crippen LogP contribution in [0.1, 0.15) is 18.1 Å². The van der Waals surface area contributed by atoms with Crippen molar-refractivity contribution < 1.29 is 9.53 Å². The average Bonchev–Trinajstić information content (AvgIpc) is 3.57. The van der Waals surface area contributed by atoms with E-state index in [1.165, 1.54) is 11.3 Å². The van der Waals surface area contributed by atoms with E-state index in [1.54, 1.807) is 6.20 Å². The summed E-state index contributed by atoms with van der Waals surface area (Å²) in [6.45, 7) is 8.31. The van der Waals surface area contributed by atoms with Crippen LogP contribution in [0.4, 0.5) is 10.6 Å². The van der Waals surface area contributed by atoms with Gasteiger partial charge in [0.15, 0.2) is 16.6 Å². The van der Waals surface area contributed by atoms with Crippen LogP contribution < -0.4 is 16.4 Å². The number of amides is 1. The zero-order chi connectivity index (χ0) is 26.5. The molecule has 0 spiro atoms. The lowest BCUT2D eigenvalue weighted by atomic mass is 10.1. The van der Waals surface area contributed by atoms with Gasteiger partial charge in [-0.3, -0.25) is 0 Å². The second-order valence-corrected chi connectivity index (χ2v) is 9.90. The van der Waals surface area contributed by atoms with Gasteiger partial charge < -0.3 is 25.7 Å². The number of carbonyl (C=O) groups is 1. The standard InChI is InChI=1S/C28H29N7O2S/c1-18(2)15-30-11-13-37-28(36)32-16-19-7-9-20(10-8-19)17-35-24-21-5-3-4-6-22(21)33-25(29)23(24)34-26(35)27-31-12-14-38-27/h3-10,12,14,30H,1,11,13,15-17H2,2H3,(H2,29,33)(H,32,36). The number of rotatable bonds is 10. The maximum atomic E-state index is 12.0. The number of imidazole rings is 1. The predicted molar refractivity (Wildman–Crippen MR) is 152 cm³/mol.